The Labute approximate surface area is 152 Å². The van der Waals surface area contributed by atoms with Crippen molar-refractivity contribution in [1.29, 1.82) is 0 Å². The van der Waals surface area contributed by atoms with Gasteiger partial charge in [0.05, 0.1) is 19.8 Å². The van der Waals surface area contributed by atoms with E-state index in [1.807, 2.05) is 0 Å². The molecule has 3 rings (SSSR count). The molecule has 0 spiro atoms. The molecule has 0 radical (unpaired) electrons. The van der Waals surface area contributed by atoms with Gasteiger partial charge in [-0.3, -0.25) is 0 Å². The third-order valence-electron chi connectivity index (χ3n) is 3.25. The molecule has 0 atom stereocenters. The summed E-state index contributed by atoms with van der Waals surface area (Å²) in [5.74, 6) is -0.0581. The van der Waals surface area contributed by atoms with Gasteiger partial charge in [-0.05, 0) is 30.6 Å². The molecule has 0 bridgehead atoms. The largest absolute Gasteiger partial charge is 0.467 e. The van der Waals surface area contributed by atoms with Crippen LogP contribution in [-0.2, 0) is 14.8 Å². The molecule has 0 unspecified atom stereocenters. The number of benzene rings is 1. The second-order valence-electron chi connectivity index (χ2n) is 4.89. The van der Waals surface area contributed by atoms with Crippen LogP contribution in [0.3, 0.4) is 0 Å². The van der Waals surface area contributed by atoms with Crippen LogP contribution in [0.5, 0.6) is 6.01 Å². The third kappa shape index (κ3) is 3.28. The second kappa shape index (κ2) is 6.80. The third-order valence-corrected chi connectivity index (χ3v) is 5.65. The van der Waals surface area contributed by atoms with Crippen LogP contribution >= 0.6 is 11.5 Å². The lowest BCUT2D eigenvalue weighted by Crippen LogP contribution is -2.12. The zero-order valence-electron chi connectivity index (χ0n) is 13.9. The lowest BCUT2D eigenvalue weighted by molar-refractivity contribution is 0.0596. The molecule has 10 nitrogen and oxygen atoms in total. The minimum Gasteiger partial charge on any atom is -0.467 e. The molecular weight excluding hydrogens is 382 g/mol. The summed E-state index contributed by atoms with van der Waals surface area (Å²) in [5.41, 5.74) is -0.106. The zero-order valence-corrected chi connectivity index (χ0v) is 15.5. The number of hydrogen-bond acceptors (Lipinski definition) is 9. The van der Waals surface area contributed by atoms with Gasteiger partial charge in [0, 0.05) is 0 Å². The number of sulfonamides is 1. The first kappa shape index (κ1) is 17.9. The van der Waals surface area contributed by atoms with E-state index in [9.17, 15) is 13.2 Å². The van der Waals surface area contributed by atoms with Crippen molar-refractivity contribution in [2.75, 3.05) is 14.2 Å². The number of carbonyl (C=O) groups excluding carboxylic acids is 1. The van der Waals surface area contributed by atoms with E-state index in [1.54, 1.807) is 6.92 Å². The van der Waals surface area contributed by atoms with Crippen LogP contribution in [0.2, 0.25) is 0 Å². The van der Waals surface area contributed by atoms with E-state index in [0.29, 0.717) is 5.82 Å². The molecule has 1 aromatic carbocycles. The van der Waals surface area contributed by atoms with Gasteiger partial charge in [0.25, 0.3) is 15.8 Å². The van der Waals surface area contributed by atoms with Crippen LogP contribution in [0.25, 0.3) is 5.78 Å². The predicted octanol–water partition coefficient (Wildman–Crippen LogP) is 0.579. The van der Waals surface area contributed by atoms with Crippen molar-refractivity contribution in [1.82, 2.24) is 18.7 Å². The summed E-state index contributed by atoms with van der Waals surface area (Å²) in [5, 5.41) is 0. The average molecular weight is 395 g/mol. The standard InChI is InChI=1S/C14H13N5O5S2/c1-8-15-13(24-3)16-12-17-14(25-19(8)12)18-26(21,22)10-7-5-4-6-9(10)11(20)23-2/h4-7H,1-3H3. The highest BCUT2D eigenvalue weighted by atomic mass is 32.2. The van der Waals surface area contributed by atoms with Crippen molar-refractivity contribution in [3.05, 3.63) is 40.5 Å². The molecule has 2 heterocycles. The zero-order chi connectivity index (χ0) is 18.9. The number of aromatic nitrogens is 4. The quantitative estimate of drug-likeness (QED) is 0.587. The Kier molecular flexibility index (Phi) is 4.70. The first-order valence-electron chi connectivity index (χ1n) is 7.13. The summed E-state index contributed by atoms with van der Waals surface area (Å²) in [6.07, 6.45) is 0. The maximum Gasteiger partial charge on any atom is 0.339 e. The number of aryl methyl sites for hydroxylation is 1. The van der Waals surface area contributed by atoms with Crippen LogP contribution in [0, 0.1) is 6.92 Å². The van der Waals surface area contributed by atoms with Gasteiger partial charge in [-0.2, -0.15) is 23.4 Å². The molecule has 0 aliphatic heterocycles. The van der Waals surface area contributed by atoms with E-state index >= 15 is 0 Å². The predicted molar refractivity (Wildman–Crippen MR) is 90.5 cm³/mol. The number of fused-ring (bicyclic) bond motifs is 1. The molecule has 0 aliphatic carbocycles. The van der Waals surface area contributed by atoms with Crippen LogP contribution in [0.1, 0.15) is 16.2 Å². The second-order valence-corrected chi connectivity index (χ2v) is 7.38. The van der Waals surface area contributed by atoms with Gasteiger partial charge in [-0.1, -0.05) is 12.1 Å². The molecule has 0 fully saturated rings. The summed E-state index contributed by atoms with van der Waals surface area (Å²) in [7, 11) is -1.61. The Morgan fingerprint density at radius 2 is 1.92 bits per heavy atom. The molecule has 136 valence electrons. The van der Waals surface area contributed by atoms with Crippen LogP contribution in [-0.4, -0.2) is 47.3 Å². The number of esters is 1. The monoisotopic (exact) mass is 395 g/mol. The van der Waals surface area contributed by atoms with E-state index in [0.717, 1.165) is 11.5 Å². The van der Waals surface area contributed by atoms with Crippen molar-refractivity contribution in [3.8, 4) is 6.01 Å². The molecule has 12 heteroatoms. The van der Waals surface area contributed by atoms with Crippen LogP contribution in [0.4, 0.5) is 0 Å². The van der Waals surface area contributed by atoms with Gasteiger partial charge in [0.15, 0.2) is 0 Å². The first-order valence-corrected chi connectivity index (χ1v) is 9.34. The van der Waals surface area contributed by atoms with Crippen molar-refractivity contribution in [3.63, 3.8) is 0 Å². The van der Waals surface area contributed by atoms with Crippen LogP contribution < -0.4 is 9.54 Å². The smallest absolute Gasteiger partial charge is 0.339 e. The lowest BCUT2D eigenvalue weighted by Gasteiger charge is -2.04. The molecule has 0 N–H and O–H groups in total. The Balaban J connectivity index is 2.17. The molecular formula is C14H13N5O5S2. The average Bonchev–Trinajstić information content (AvgIpc) is 3.03. The fourth-order valence-electron chi connectivity index (χ4n) is 2.10. The van der Waals surface area contributed by atoms with E-state index in [4.69, 9.17) is 4.74 Å². The van der Waals surface area contributed by atoms with E-state index in [2.05, 4.69) is 24.1 Å². The number of ether oxygens (including phenoxy) is 2. The van der Waals surface area contributed by atoms with Crippen molar-refractivity contribution >= 4 is 33.3 Å². The Hall–Kier alpha value is -2.86. The van der Waals surface area contributed by atoms with Crippen molar-refractivity contribution in [2.45, 2.75) is 11.8 Å². The summed E-state index contributed by atoms with van der Waals surface area (Å²) < 4.78 is 40.1. The van der Waals surface area contributed by atoms with Gasteiger partial charge >= 0.3 is 12.0 Å². The van der Waals surface area contributed by atoms with E-state index in [1.165, 1.54) is 42.3 Å². The Morgan fingerprint density at radius 1 is 1.19 bits per heavy atom. The van der Waals surface area contributed by atoms with Crippen molar-refractivity contribution in [2.24, 2.45) is 4.40 Å². The number of methoxy groups -OCH3 is 2. The summed E-state index contributed by atoms with van der Waals surface area (Å²) in [6.45, 7) is 1.69. The van der Waals surface area contributed by atoms with Crippen LogP contribution in [0.15, 0.2) is 33.6 Å². The summed E-state index contributed by atoms with van der Waals surface area (Å²) >= 11 is 0.948. The minimum absolute atomic E-state index is 0.0599. The molecule has 3 aromatic rings. The van der Waals surface area contributed by atoms with E-state index < -0.39 is 16.0 Å². The van der Waals surface area contributed by atoms with E-state index in [-0.39, 0.29) is 27.0 Å². The highest BCUT2D eigenvalue weighted by Crippen LogP contribution is 2.18. The maximum atomic E-state index is 12.6. The van der Waals surface area contributed by atoms with Gasteiger partial charge < -0.3 is 9.47 Å². The Bertz CT molecular complexity index is 1170. The molecule has 2 aromatic heterocycles. The fraction of sp³-hybridized carbons (Fsp3) is 0.214. The number of nitrogens with zero attached hydrogens (tertiary/aromatic N) is 5. The van der Waals surface area contributed by atoms with Gasteiger partial charge in [-0.25, -0.2) is 8.58 Å². The SMILES string of the molecule is COC(=O)c1ccccc1S(=O)(=O)N=c1nc2nc(OC)nc(C)n2s1. The molecule has 0 saturated heterocycles. The number of hydrogen-bond donors (Lipinski definition) is 0. The molecule has 0 saturated carbocycles. The van der Waals surface area contributed by atoms with Gasteiger partial charge in [0.2, 0.25) is 4.80 Å². The first-order chi connectivity index (χ1) is 12.4. The normalized spacial score (nSPS) is 12.3. The number of carbonyl (C=O) groups is 1. The maximum absolute atomic E-state index is 12.6. The molecule has 0 aliphatic rings. The highest BCUT2D eigenvalue weighted by molar-refractivity contribution is 7.90. The molecule has 26 heavy (non-hydrogen) atoms. The van der Waals surface area contributed by atoms with Crippen molar-refractivity contribution < 1.29 is 22.7 Å². The molecule has 0 amide bonds. The summed E-state index contributed by atoms with van der Waals surface area (Å²) in [4.78, 5) is 23.7. The number of rotatable bonds is 4. The Morgan fingerprint density at radius 3 is 2.62 bits per heavy atom. The van der Waals surface area contributed by atoms with Gasteiger partial charge in [0.1, 0.15) is 10.7 Å². The summed E-state index contributed by atoms with van der Waals surface area (Å²) in [6, 6.07) is 5.76. The lowest BCUT2D eigenvalue weighted by atomic mass is 10.2. The highest BCUT2D eigenvalue weighted by Gasteiger charge is 2.22. The van der Waals surface area contributed by atoms with Gasteiger partial charge in [-0.15, -0.1) is 4.40 Å². The minimum atomic E-state index is -4.20. The fourth-order valence-corrected chi connectivity index (χ4v) is 4.17. The topological polar surface area (TPSA) is 125 Å².